The monoisotopic (exact) mass is 355 g/mol. The van der Waals surface area contributed by atoms with E-state index in [2.05, 4.69) is 10.6 Å². The maximum Gasteiger partial charge on any atom is 0.319 e. The van der Waals surface area contributed by atoms with Crippen LogP contribution < -0.4 is 10.6 Å². The molecule has 0 spiro atoms. The minimum atomic E-state index is -3.56. The van der Waals surface area contributed by atoms with Gasteiger partial charge in [-0.1, -0.05) is 6.92 Å². The summed E-state index contributed by atoms with van der Waals surface area (Å²) in [6.45, 7) is 6.96. The highest BCUT2D eigenvalue weighted by Crippen LogP contribution is 2.22. The van der Waals surface area contributed by atoms with Gasteiger partial charge in [-0.25, -0.2) is 13.2 Å². The maximum atomic E-state index is 12.7. The van der Waals surface area contributed by atoms with Gasteiger partial charge in [-0.05, 0) is 44.5 Å². The highest BCUT2D eigenvalue weighted by molar-refractivity contribution is 7.89. The number of ether oxygens (including phenoxy) is 1. The normalized spacial score (nSPS) is 22.1. The molecule has 0 unspecified atom stereocenters. The molecule has 1 aromatic carbocycles. The highest BCUT2D eigenvalue weighted by Gasteiger charge is 2.32. The number of rotatable bonds is 5. The van der Waals surface area contributed by atoms with Crippen molar-refractivity contribution in [2.24, 2.45) is 0 Å². The minimum Gasteiger partial charge on any atom is -0.373 e. The summed E-state index contributed by atoms with van der Waals surface area (Å²) in [6, 6.07) is 5.89. The van der Waals surface area contributed by atoms with Gasteiger partial charge in [0.05, 0.1) is 17.1 Å². The Morgan fingerprint density at radius 1 is 1.21 bits per heavy atom. The third kappa shape index (κ3) is 4.68. The number of carbonyl (C=O) groups excluding carboxylic acids is 1. The van der Waals surface area contributed by atoms with Crippen molar-refractivity contribution in [3.63, 3.8) is 0 Å². The van der Waals surface area contributed by atoms with Gasteiger partial charge in [0.1, 0.15) is 0 Å². The fourth-order valence-corrected chi connectivity index (χ4v) is 4.19. The Morgan fingerprint density at radius 3 is 2.33 bits per heavy atom. The second-order valence-corrected chi connectivity index (χ2v) is 7.92. The number of hydrogen-bond donors (Lipinski definition) is 2. The molecule has 0 saturated carbocycles. The Hall–Kier alpha value is -1.64. The first-order chi connectivity index (χ1) is 11.3. The van der Waals surface area contributed by atoms with E-state index in [9.17, 15) is 13.2 Å². The summed E-state index contributed by atoms with van der Waals surface area (Å²) in [7, 11) is -3.56. The van der Waals surface area contributed by atoms with E-state index in [-0.39, 0.29) is 23.1 Å². The number of nitrogens with one attached hydrogen (secondary N) is 2. The lowest BCUT2D eigenvalue weighted by atomic mass is 10.3. The number of sulfonamides is 1. The van der Waals surface area contributed by atoms with E-state index in [4.69, 9.17) is 4.74 Å². The number of carbonyl (C=O) groups is 1. The summed E-state index contributed by atoms with van der Waals surface area (Å²) in [5.41, 5.74) is 0.547. The first-order valence-corrected chi connectivity index (χ1v) is 9.57. The molecule has 2 N–H and O–H groups in total. The molecule has 0 aromatic heterocycles. The van der Waals surface area contributed by atoms with Crippen molar-refractivity contribution in [3.8, 4) is 0 Å². The van der Waals surface area contributed by atoms with Gasteiger partial charge >= 0.3 is 6.03 Å². The predicted molar refractivity (Wildman–Crippen MR) is 92.5 cm³/mol. The molecule has 1 fully saturated rings. The number of urea groups is 1. The van der Waals surface area contributed by atoms with Crippen LogP contribution in [-0.2, 0) is 14.8 Å². The second kappa shape index (κ2) is 7.96. The summed E-state index contributed by atoms with van der Waals surface area (Å²) < 4.78 is 32.5. The summed E-state index contributed by atoms with van der Waals surface area (Å²) >= 11 is 0. The number of anilines is 1. The summed E-state index contributed by atoms with van der Waals surface area (Å²) in [5.74, 6) is 0. The Morgan fingerprint density at radius 2 is 1.79 bits per heavy atom. The van der Waals surface area contributed by atoms with Gasteiger partial charge in [0.15, 0.2) is 0 Å². The van der Waals surface area contributed by atoms with Crippen LogP contribution >= 0.6 is 0 Å². The molecule has 7 nitrogen and oxygen atoms in total. The average molecular weight is 355 g/mol. The molecule has 2 rings (SSSR count). The van der Waals surface area contributed by atoms with E-state index in [1.165, 1.54) is 16.4 Å². The molecular weight excluding hydrogens is 330 g/mol. The van der Waals surface area contributed by atoms with Crippen molar-refractivity contribution in [3.05, 3.63) is 24.3 Å². The third-order valence-corrected chi connectivity index (χ3v) is 5.52. The molecule has 0 radical (unpaired) electrons. The van der Waals surface area contributed by atoms with Gasteiger partial charge in [-0.15, -0.1) is 0 Å². The van der Waals surface area contributed by atoms with Crippen LogP contribution in [0, 0.1) is 0 Å². The van der Waals surface area contributed by atoms with E-state index in [0.29, 0.717) is 25.3 Å². The van der Waals surface area contributed by atoms with E-state index in [1.807, 2.05) is 20.8 Å². The molecule has 1 saturated heterocycles. The van der Waals surface area contributed by atoms with Gasteiger partial charge in [-0.3, -0.25) is 0 Å². The van der Waals surface area contributed by atoms with Crippen molar-refractivity contribution in [1.29, 1.82) is 0 Å². The fraction of sp³-hybridized carbons (Fsp3) is 0.562. The van der Waals surface area contributed by atoms with Crippen LogP contribution in [0.4, 0.5) is 10.5 Å². The Labute approximate surface area is 143 Å². The van der Waals surface area contributed by atoms with Crippen LogP contribution in [0.5, 0.6) is 0 Å². The highest BCUT2D eigenvalue weighted by atomic mass is 32.2. The van der Waals surface area contributed by atoms with Crippen LogP contribution in [0.1, 0.15) is 27.2 Å². The molecule has 2 atom stereocenters. The molecule has 1 aliphatic heterocycles. The lowest BCUT2D eigenvalue weighted by Crippen LogP contribution is -2.48. The van der Waals surface area contributed by atoms with Crippen molar-refractivity contribution >= 4 is 21.7 Å². The molecule has 8 heteroatoms. The molecule has 1 aliphatic rings. The molecule has 134 valence electrons. The van der Waals surface area contributed by atoms with Gasteiger partial charge in [0, 0.05) is 25.3 Å². The van der Waals surface area contributed by atoms with Gasteiger partial charge in [0.25, 0.3) is 0 Å². The lowest BCUT2D eigenvalue weighted by Gasteiger charge is -2.34. The maximum absolute atomic E-state index is 12.7. The van der Waals surface area contributed by atoms with Crippen molar-refractivity contribution in [1.82, 2.24) is 9.62 Å². The standard InChI is InChI=1S/C16H25N3O4S/c1-4-9-17-16(20)18-14-5-7-15(8-6-14)24(21,22)19-10-12(2)23-13(3)11-19/h5-8,12-13H,4,9-11H2,1-3H3,(H2,17,18,20)/t12-,13-/m0/s1. The smallest absolute Gasteiger partial charge is 0.319 e. The van der Waals surface area contributed by atoms with Gasteiger partial charge < -0.3 is 15.4 Å². The molecule has 0 bridgehead atoms. The second-order valence-electron chi connectivity index (χ2n) is 5.98. The van der Waals surface area contributed by atoms with Crippen LogP contribution in [0.3, 0.4) is 0 Å². The largest absolute Gasteiger partial charge is 0.373 e. The zero-order chi connectivity index (χ0) is 17.7. The molecule has 24 heavy (non-hydrogen) atoms. The Balaban J connectivity index is 2.07. The van der Waals surface area contributed by atoms with Gasteiger partial charge in [0.2, 0.25) is 10.0 Å². The molecular formula is C16H25N3O4S. The topological polar surface area (TPSA) is 87.7 Å². The Kier molecular flexibility index (Phi) is 6.20. The first-order valence-electron chi connectivity index (χ1n) is 8.13. The molecule has 1 aromatic rings. The van der Waals surface area contributed by atoms with Crippen molar-refractivity contribution in [2.75, 3.05) is 25.0 Å². The SMILES string of the molecule is CCCNC(=O)Nc1ccc(S(=O)(=O)N2C[C@H](C)O[C@@H](C)C2)cc1. The molecule has 1 heterocycles. The quantitative estimate of drug-likeness (QED) is 0.846. The average Bonchev–Trinajstić information content (AvgIpc) is 2.52. The zero-order valence-corrected chi connectivity index (χ0v) is 15.1. The number of nitrogens with zero attached hydrogens (tertiary/aromatic N) is 1. The predicted octanol–water partition coefficient (Wildman–Crippen LogP) is 2.02. The fourth-order valence-electron chi connectivity index (χ4n) is 2.60. The summed E-state index contributed by atoms with van der Waals surface area (Å²) in [4.78, 5) is 11.8. The van der Waals surface area contributed by atoms with Crippen LogP contribution in [-0.4, -0.2) is 50.6 Å². The lowest BCUT2D eigenvalue weighted by molar-refractivity contribution is -0.0440. The first kappa shape index (κ1) is 18.7. The van der Waals surface area contributed by atoms with Crippen LogP contribution in [0.15, 0.2) is 29.2 Å². The Bertz CT molecular complexity index is 650. The number of amides is 2. The van der Waals surface area contributed by atoms with E-state index >= 15 is 0 Å². The summed E-state index contributed by atoms with van der Waals surface area (Å²) in [6.07, 6.45) is 0.583. The van der Waals surface area contributed by atoms with Crippen LogP contribution in [0.2, 0.25) is 0 Å². The molecule has 2 amide bonds. The van der Waals surface area contributed by atoms with E-state index in [0.717, 1.165) is 6.42 Å². The minimum absolute atomic E-state index is 0.133. The number of morpholine rings is 1. The van der Waals surface area contributed by atoms with Gasteiger partial charge in [-0.2, -0.15) is 4.31 Å². The van der Waals surface area contributed by atoms with Crippen molar-refractivity contribution in [2.45, 2.75) is 44.3 Å². The zero-order valence-electron chi connectivity index (χ0n) is 14.3. The molecule has 0 aliphatic carbocycles. The number of benzene rings is 1. The van der Waals surface area contributed by atoms with Crippen LogP contribution in [0.25, 0.3) is 0 Å². The van der Waals surface area contributed by atoms with E-state index < -0.39 is 10.0 Å². The number of hydrogen-bond acceptors (Lipinski definition) is 4. The van der Waals surface area contributed by atoms with Crippen molar-refractivity contribution < 1.29 is 17.9 Å². The summed E-state index contributed by atoms with van der Waals surface area (Å²) in [5, 5.41) is 5.37. The van der Waals surface area contributed by atoms with E-state index in [1.54, 1.807) is 12.1 Å². The third-order valence-electron chi connectivity index (χ3n) is 3.67.